The predicted octanol–water partition coefficient (Wildman–Crippen LogP) is 2.21. The molecule has 1 N–H and O–H groups in total. The van der Waals surface area contributed by atoms with Crippen molar-refractivity contribution in [3.05, 3.63) is 59.8 Å². The van der Waals surface area contributed by atoms with Crippen LogP contribution >= 0.6 is 0 Å². The minimum Gasteiger partial charge on any atom is -0.338 e. The highest BCUT2D eigenvalue weighted by Crippen LogP contribution is 2.13. The van der Waals surface area contributed by atoms with Crippen LogP contribution in [0.3, 0.4) is 0 Å². The first-order valence-electron chi connectivity index (χ1n) is 5.76. The van der Waals surface area contributed by atoms with Crippen molar-refractivity contribution in [2.75, 3.05) is 6.54 Å². The van der Waals surface area contributed by atoms with Crippen molar-refractivity contribution >= 4 is 0 Å². The number of halogens is 2. The summed E-state index contributed by atoms with van der Waals surface area (Å²) in [6.45, 7) is 4.62. The fourth-order valence-corrected chi connectivity index (χ4v) is 1.55. The SMILES string of the molecule is C=CCNCc1nc(Cc2ccc(F)cc2F)no1. The molecule has 0 saturated heterocycles. The van der Waals surface area contributed by atoms with Gasteiger partial charge in [0.1, 0.15) is 11.6 Å². The lowest BCUT2D eigenvalue weighted by Crippen LogP contribution is -2.12. The van der Waals surface area contributed by atoms with Gasteiger partial charge in [-0.05, 0) is 11.6 Å². The summed E-state index contributed by atoms with van der Waals surface area (Å²) in [5.41, 5.74) is 0.327. The summed E-state index contributed by atoms with van der Waals surface area (Å²) >= 11 is 0. The van der Waals surface area contributed by atoms with Crippen LogP contribution in [0, 0.1) is 11.6 Å². The van der Waals surface area contributed by atoms with Gasteiger partial charge in [0.25, 0.3) is 0 Å². The molecule has 100 valence electrons. The van der Waals surface area contributed by atoms with Crippen molar-refractivity contribution in [1.82, 2.24) is 15.5 Å². The van der Waals surface area contributed by atoms with Crippen molar-refractivity contribution < 1.29 is 13.3 Å². The third-order valence-electron chi connectivity index (χ3n) is 2.44. The second kappa shape index (κ2) is 6.19. The fourth-order valence-electron chi connectivity index (χ4n) is 1.55. The molecule has 4 nitrogen and oxygen atoms in total. The minimum atomic E-state index is -0.615. The molecule has 0 atom stereocenters. The van der Waals surface area contributed by atoms with Crippen LogP contribution in [-0.4, -0.2) is 16.7 Å². The molecular weight excluding hydrogens is 252 g/mol. The molecule has 0 aliphatic carbocycles. The van der Waals surface area contributed by atoms with Gasteiger partial charge in [0.05, 0.1) is 6.54 Å². The molecule has 0 saturated carbocycles. The summed E-state index contributed by atoms with van der Waals surface area (Å²) in [5, 5.41) is 6.75. The maximum atomic E-state index is 13.4. The lowest BCUT2D eigenvalue weighted by molar-refractivity contribution is 0.365. The summed E-state index contributed by atoms with van der Waals surface area (Å²) in [6, 6.07) is 3.41. The lowest BCUT2D eigenvalue weighted by atomic mass is 10.1. The summed E-state index contributed by atoms with van der Waals surface area (Å²) in [6.07, 6.45) is 1.88. The van der Waals surface area contributed by atoms with Crippen LogP contribution in [0.2, 0.25) is 0 Å². The minimum absolute atomic E-state index is 0.164. The molecule has 1 heterocycles. The largest absolute Gasteiger partial charge is 0.338 e. The van der Waals surface area contributed by atoms with Gasteiger partial charge in [-0.25, -0.2) is 8.78 Å². The number of nitrogens with zero attached hydrogens (tertiary/aromatic N) is 2. The molecule has 2 rings (SSSR count). The average Bonchev–Trinajstić information content (AvgIpc) is 2.81. The van der Waals surface area contributed by atoms with Crippen LogP contribution in [0.4, 0.5) is 8.78 Å². The zero-order chi connectivity index (χ0) is 13.7. The van der Waals surface area contributed by atoms with Gasteiger partial charge < -0.3 is 9.84 Å². The van der Waals surface area contributed by atoms with Crippen LogP contribution in [0.25, 0.3) is 0 Å². The normalized spacial score (nSPS) is 10.6. The molecular formula is C13H13F2N3O. The molecule has 1 aromatic heterocycles. The molecule has 0 unspecified atom stereocenters. The van der Waals surface area contributed by atoms with E-state index in [0.717, 1.165) is 6.07 Å². The third-order valence-corrected chi connectivity index (χ3v) is 2.44. The molecule has 0 radical (unpaired) electrons. The van der Waals surface area contributed by atoms with E-state index in [2.05, 4.69) is 22.0 Å². The quantitative estimate of drug-likeness (QED) is 0.642. The highest BCUT2D eigenvalue weighted by atomic mass is 19.1. The van der Waals surface area contributed by atoms with Crippen molar-refractivity contribution in [2.24, 2.45) is 0 Å². The van der Waals surface area contributed by atoms with Crippen LogP contribution in [0.1, 0.15) is 17.3 Å². The Morgan fingerprint density at radius 1 is 1.37 bits per heavy atom. The Labute approximate surface area is 109 Å². The molecule has 0 amide bonds. The van der Waals surface area contributed by atoms with Gasteiger partial charge in [-0.2, -0.15) is 4.98 Å². The second-order valence-corrected chi connectivity index (χ2v) is 3.94. The molecule has 0 spiro atoms. The first-order valence-corrected chi connectivity index (χ1v) is 5.76. The molecule has 19 heavy (non-hydrogen) atoms. The Hall–Kier alpha value is -2.08. The maximum absolute atomic E-state index is 13.4. The summed E-state index contributed by atoms with van der Waals surface area (Å²) < 4.78 is 31.2. The van der Waals surface area contributed by atoms with Gasteiger partial charge in [-0.1, -0.05) is 17.3 Å². The molecule has 0 aliphatic rings. The van der Waals surface area contributed by atoms with E-state index in [0.29, 0.717) is 30.4 Å². The monoisotopic (exact) mass is 265 g/mol. The van der Waals surface area contributed by atoms with Crippen LogP contribution in [0.5, 0.6) is 0 Å². The second-order valence-electron chi connectivity index (χ2n) is 3.94. The van der Waals surface area contributed by atoms with Crippen LogP contribution in [0.15, 0.2) is 35.4 Å². The summed E-state index contributed by atoms with van der Waals surface area (Å²) in [7, 11) is 0. The van der Waals surface area contributed by atoms with Gasteiger partial charge in [0, 0.05) is 19.0 Å². The molecule has 6 heteroatoms. The Balaban J connectivity index is 2.01. The van der Waals surface area contributed by atoms with Crippen molar-refractivity contribution in [2.45, 2.75) is 13.0 Å². The highest BCUT2D eigenvalue weighted by molar-refractivity contribution is 5.21. The molecule has 0 bridgehead atoms. The van der Waals surface area contributed by atoms with Crippen molar-refractivity contribution in [3.8, 4) is 0 Å². The zero-order valence-electron chi connectivity index (χ0n) is 10.2. The van der Waals surface area contributed by atoms with Crippen molar-refractivity contribution in [1.29, 1.82) is 0 Å². The third kappa shape index (κ3) is 3.69. The predicted molar refractivity (Wildman–Crippen MR) is 65.4 cm³/mol. The topological polar surface area (TPSA) is 51.0 Å². The molecule has 1 aromatic carbocycles. The lowest BCUT2D eigenvalue weighted by Gasteiger charge is -1.99. The number of benzene rings is 1. The van der Waals surface area contributed by atoms with E-state index in [1.54, 1.807) is 6.08 Å². The smallest absolute Gasteiger partial charge is 0.240 e. The van der Waals surface area contributed by atoms with Crippen molar-refractivity contribution in [3.63, 3.8) is 0 Å². The molecule has 0 aliphatic heterocycles. The van der Waals surface area contributed by atoms with Gasteiger partial charge >= 0.3 is 0 Å². The molecule has 2 aromatic rings. The fraction of sp³-hybridized carbons (Fsp3) is 0.231. The van der Waals surface area contributed by atoms with Crippen LogP contribution in [-0.2, 0) is 13.0 Å². The van der Waals surface area contributed by atoms with E-state index in [4.69, 9.17) is 4.52 Å². The Morgan fingerprint density at radius 3 is 2.95 bits per heavy atom. The number of nitrogens with one attached hydrogen (secondary N) is 1. The number of hydrogen-bond acceptors (Lipinski definition) is 4. The van der Waals surface area contributed by atoms with Gasteiger partial charge in [0.15, 0.2) is 5.82 Å². The first kappa shape index (κ1) is 13.4. The van der Waals surface area contributed by atoms with Gasteiger partial charge in [0.2, 0.25) is 5.89 Å². The standard InChI is InChI=1S/C13H13F2N3O/c1-2-5-16-8-13-17-12(18-19-13)6-9-3-4-10(14)7-11(9)15/h2-4,7,16H,1,5-6,8H2. The Morgan fingerprint density at radius 2 is 2.21 bits per heavy atom. The number of rotatable bonds is 6. The Kier molecular flexibility index (Phi) is 4.35. The van der Waals surface area contributed by atoms with E-state index in [1.165, 1.54) is 12.1 Å². The average molecular weight is 265 g/mol. The molecule has 0 fully saturated rings. The number of aromatic nitrogens is 2. The number of hydrogen-bond donors (Lipinski definition) is 1. The maximum Gasteiger partial charge on any atom is 0.240 e. The van der Waals surface area contributed by atoms with E-state index >= 15 is 0 Å². The Bertz CT molecular complexity index is 569. The van der Waals surface area contributed by atoms with E-state index in [9.17, 15) is 8.78 Å². The van der Waals surface area contributed by atoms with Crippen LogP contribution < -0.4 is 5.32 Å². The van der Waals surface area contributed by atoms with Gasteiger partial charge in [-0.15, -0.1) is 6.58 Å². The van der Waals surface area contributed by atoms with E-state index in [1.807, 2.05) is 0 Å². The summed E-state index contributed by atoms with van der Waals surface area (Å²) in [5.74, 6) is -0.444. The van der Waals surface area contributed by atoms with E-state index in [-0.39, 0.29) is 6.42 Å². The first-order chi connectivity index (χ1) is 9.19. The zero-order valence-corrected chi connectivity index (χ0v) is 10.2. The highest BCUT2D eigenvalue weighted by Gasteiger charge is 2.10. The summed E-state index contributed by atoms with van der Waals surface area (Å²) in [4.78, 5) is 4.11. The van der Waals surface area contributed by atoms with Gasteiger partial charge in [-0.3, -0.25) is 0 Å². The van der Waals surface area contributed by atoms with E-state index < -0.39 is 11.6 Å².